The number of hydrogen-bond donors (Lipinski definition) is 0. The van der Waals surface area contributed by atoms with Crippen LogP contribution in [0.5, 0.6) is 0 Å². The molecule has 0 heterocycles. The molecule has 0 aliphatic heterocycles. The Morgan fingerprint density at radius 1 is 0.739 bits per heavy atom. The van der Waals surface area contributed by atoms with E-state index < -0.39 is 0 Å². The quantitative estimate of drug-likeness (QED) is 0.524. The third-order valence-corrected chi connectivity index (χ3v) is 5.11. The van der Waals surface area contributed by atoms with E-state index in [1.165, 1.54) is 44.2 Å². The summed E-state index contributed by atoms with van der Waals surface area (Å²) in [5.74, 6) is 0. The number of hydrogen-bond acceptors (Lipinski definition) is 0. The minimum absolute atomic E-state index is 1.06. The Hall–Kier alpha value is -2.17. The maximum absolute atomic E-state index is 4.07. The van der Waals surface area contributed by atoms with Gasteiger partial charge in [-0.1, -0.05) is 69.1 Å². The summed E-state index contributed by atoms with van der Waals surface area (Å²) in [4.78, 5) is 0. The Kier molecular flexibility index (Phi) is 4.46. The summed E-state index contributed by atoms with van der Waals surface area (Å²) in [7, 11) is 1.06. The molecule has 0 atom stereocenters. The van der Waals surface area contributed by atoms with Gasteiger partial charge in [0.05, 0.1) is 0 Å². The molecule has 0 aromatic heterocycles. The van der Waals surface area contributed by atoms with Crippen LogP contribution in [0.15, 0.2) is 60.7 Å². The number of rotatable bonds is 3. The molecule has 0 N–H and O–H groups in total. The van der Waals surface area contributed by atoms with Crippen LogP contribution in [0, 0.1) is 20.8 Å². The third-order valence-electron chi connectivity index (χ3n) is 4.38. The summed E-state index contributed by atoms with van der Waals surface area (Å²) in [6.07, 6.45) is 4.07. The number of benzene rings is 3. The average molecular weight is 316 g/mol. The largest absolute Gasteiger partial charge is 0.0758 e. The molecule has 0 amide bonds. The zero-order chi connectivity index (χ0) is 16.4. The van der Waals surface area contributed by atoms with E-state index in [4.69, 9.17) is 0 Å². The minimum Gasteiger partial charge on any atom is -0.0758 e. The van der Waals surface area contributed by atoms with Crippen molar-refractivity contribution in [3.8, 4) is 22.3 Å². The monoisotopic (exact) mass is 316 g/mol. The zero-order valence-corrected chi connectivity index (χ0v) is 14.8. The zero-order valence-electron chi connectivity index (χ0n) is 13.9. The van der Waals surface area contributed by atoms with Gasteiger partial charge in [0.15, 0.2) is 0 Å². The average Bonchev–Trinajstić information content (AvgIpc) is 2.56. The first kappa shape index (κ1) is 15.7. The van der Waals surface area contributed by atoms with Crippen LogP contribution in [0.2, 0.25) is 0 Å². The van der Waals surface area contributed by atoms with Crippen molar-refractivity contribution in [2.45, 2.75) is 20.8 Å². The maximum atomic E-state index is 4.07. The van der Waals surface area contributed by atoms with Crippen LogP contribution in [0.1, 0.15) is 16.7 Å². The van der Waals surface area contributed by atoms with Gasteiger partial charge in [-0.3, -0.25) is 0 Å². The van der Waals surface area contributed by atoms with Gasteiger partial charge < -0.3 is 0 Å². The van der Waals surface area contributed by atoms with E-state index in [9.17, 15) is 0 Å². The standard InChI is InChI=1S/C22H21P/c1-15-14-16(2)22(19-12-8-9-13-20(19)23-4)17(3)21(15)18-10-6-5-7-11-18/h5-14H,4H2,1-3H3. The molecule has 0 unspecified atom stereocenters. The Morgan fingerprint density at radius 2 is 1.35 bits per heavy atom. The molecular formula is C22H21P. The molecule has 1 heteroatoms. The highest BCUT2D eigenvalue weighted by atomic mass is 31.1. The summed E-state index contributed by atoms with van der Waals surface area (Å²) in [5, 5.41) is 1.28. The van der Waals surface area contributed by atoms with Crippen molar-refractivity contribution in [2.75, 3.05) is 0 Å². The molecule has 114 valence electrons. The van der Waals surface area contributed by atoms with Crippen LogP contribution in [0.3, 0.4) is 0 Å². The Balaban J connectivity index is 2.33. The molecule has 23 heavy (non-hydrogen) atoms. The maximum Gasteiger partial charge on any atom is 0.00907 e. The molecule has 0 fully saturated rings. The van der Waals surface area contributed by atoms with E-state index >= 15 is 0 Å². The molecule has 0 aliphatic rings. The van der Waals surface area contributed by atoms with Gasteiger partial charge in [0.25, 0.3) is 0 Å². The van der Waals surface area contributed by atoms with Crippen LogP contribution in [-0.2, 0) is 0 Å². The van der Waals surface area contributed by atoms with Gasteiger partial charge in [-0.15, -0.1) is 0 Å². The lowest BCUT2D eigenvalue weighted by Gasteiger charge is -2.19. The minimum atomic E-state index is 1.06. The summed E-state index contributed by atoms with van der Waals surface area (Å²) in [6, 6.07) is 21.6. The normalized spacial score (nSPS) is 10.9. The van der Waals surface area contributed by atoms with Crippen LogP contribution in [-0.4, -0.2) is 6.30 Å². The summed E-state index contributed by atoms with van der Waals surface area (Å²) in [6.45, 7) is 6.66. The van der Waals surface area contributed by atoms with Gasteiger partial charge in [0.2, 0.25) is 0 Å². The van der Waals surface area contributed by atoms with E-state index in [0.717, 1.165) is 8.20 Å². The molecule has 3 rings (SSSR count). The second-order valence-electron chi connectivity index (χ2n) is 5.93. The lowest BCUT2D eigenvalue weighted by atomic mass is 9.86. The van der Waals surface area contributed by atoms with E-state index in [2.05, 4.69) is 87.7 Å². The fourth-order valence-electron chi connectivity index (χ4n) is 3.47. The second-order valence-corrected chi connectivity index (χ2v) is 6.72. The van der Waals surface area contributed by atoms with Gasteiger partial charge in [-0.2, -0.15) is 0 Å². The summed E-state index contributed by atoms with van der Waals surface area (Å²) in [5.41, 5.74) is 9.30. The first-order chi connectivity index (χ1) is 11.1. The molecule has 0 saturated heterocycles. The molecule has 3 aromatic rings. The SMILES string of the molecule is C=Pc1ccccc1-c1c(C)cc(C)c(-c2ccccc2)c1C. The van der Waals surface area contributed by atoms with E-state index in [0.29, 0.717) is 0 Å². The van der Waals surface area contributed by atoms with Gasteiger partial charge in [0.1, 0.15) is 0 Å². The number of aryl methyl sites for hydroxylation is 2. The predicted molar refractivity (Wildman–Crippen MR) is 105 cm³/mol. The Labute approximate surface area is 140 Å². The summed E-state index contributed by atoms with van der Waals surface area (Å²) < 4.78 is 0. The molecule has 0 bridgehead atoms. The lowest BCUT2D eigenvalue weighted by molar-refractivity contribution is 1.32. The van der Waals surface area contributed by atoms with Crippen LogP contribution in [0.4, 0.5) is 0 Å². The summed E-state index contributed by atoms with van der Waals surface area (Å²) >= 11 is 0. The molecule has 0 nitrogen and oxygen atoms in total. The van der Waals surface area contributed by atoms with Crippen molar-refractivity contribution >= 4 is 19.8 Å². The Bertz CT molecular complexity index is 861. The fourth-order valence-corrected chi connectivity index (χ4v) is 4.02. The van der Waals surface area contributed by atoms with Crippen LogP contribution in [0.25, 0.3) is 22.3 Å². The van der Waals surface area contributed by atoms with Gasteiger partial charge in [-0.05, 0) is 65.8 Å². The first-order valence-electron chi connectivity index (χ1n) is 7.86. The van der Waals surface area contributed by atoms with E-state index in [1.54, 1.807) is 0 Å². The van der Waals surface area contributed by atoms with Crippen molar-refractivity contribution < 1.29 is 0 Å². The van der Waals surface area contributed by atoms with Crippen molar-refractivity contribution in [2.24, 2.45) is 0 Å². The van der Waals surface area contributed by atoms with Crippen molar-refractivity contribution in [3.05, 3.63) is 77.4 Å². The Morgan fingerprint density at radius 3 is 2.04 bits per heavy atom. The van der Waals surface area contributed by atoms with Gasteiger partial charge in [-0.25, -0.2) is 0 Å². The van der Waals surface area contributed by atoms with E-state index in [-0.39, 0.29) is 0 Å². The highest BCUT2D eigenvalue weighted by Gasteiger charge is 2.15. The van der Waals surface area contributed by atoms with Crippen molar-refractivity contribution in [3.63, 3.8) is 0 Å². The third kappa shape index (κ3) is 2.87. The van der Waals surface area contributed by atoms with Crippen LogP contribution < -0.4 is 5.30 Å². The molecule has 0 radical (unpaired) electrons. The van der Waals surface area contributed by atoms with Crippen molar-refractivity contribution in [1.82, 2.24) is 0 Å². The van der Waals surface area contributed by atoms with E-state index in [1.807, 2.05) is 0 Å². The topological polar surface area (TPSA) is 0 Å². The van der Waals surface area contributed by atoms with Gasteiger partial charge in [0, 0.05) is 5.30 Å². The highest BCUT2D eigenvalue weighted by molar-refractivity contribution is 7.46. The molecule has 0 spiro atoms. The molecule has 3 aromatic carbocycles. The molecule has 0 saturated carbocycles. The molecule has 0 aliphatic carbocycles. The fraction of sp³-hybridized carbons (Fsp3) is 0.136. The predicted octanol–water partition coefficient (Wildman–Crippen LogP) is 5.95. The van der Waals surface area contributed by atoms with Gasteiger partial charge >= 0.3 is 0 Å². The smallest absolute Gasteiger partial charge is 0.00907 e. The van der Waals surface area contributed by atoms with Crippen molar-refractivity contribution in [1.29, 1.82) is 0 Å². The second kappa shape index (κ2) is 6.52. The highest BCUT2D eigenvalue weighted by Crippen LogP contribution is 2.36. The molecular weight excluding hydrogens is 295 g/mol. The lowest BCUT2D eigenvalue weighted by Crippen LogP contribution is -2.02. The van der Waals surface area contributed by atoms with Crippen LogP contribution >= 0.6 is 8.20 Å². The first-order valence-corrected chi connectivity index (χ1v) is 8.93.